The van der Waals surface area contributed by atoms with Crippen molar-refractivity contribution >= 4 is 16.9 Å². The lowest BCUT2D eigenvalue weighted by atomic mass is 10.1. The Morgan fingerprint density at radius 1 is 1.00 bits per heavy atom. The lowest BCUT2D eigenvalue weighted by molar-refractivity contribution is -0.134. The van der Waals surface area contributed by atoms with E-state index in [4.69, 9.17) is 18.6 Å². The molecule has 0 aliphatic heterocycles. The van der Waals surface area contributed by atoms with Crippen molar-refractivity contribution in [1.29, 1.82) is 0 Å². The highest BCUT2D eigenvalue weighted by atomic mass is 16.5. The SMILES string of the molecule is COc1ccc(CCC(=O)Oc2ccc3c(C)cc(=O)oc3c2)cc1OC. The number of esters is 1. The minimum atomic E-state index is -0.433. The van der Waals surface area contributed by atoms with Gasteiger partial charge < -0.3 is 18.6 Å². The van der Waals surface area contributed by atoms with E-state index in [0.717, 1.165) is 16.5 Å². The first-order valence-electron chi connectivity index (χ1n) is 8.46. The number of ether oxygens (including phenoxy) is 3. The zero-order valence-electron chi connectivity index (χ0n) is 15.4. The van der Waals surface area contributed by atoms with E-state index in [0.29, 0.717) is 29.3 Å². The second-order valence-corrected chi connectivity index (χ2v) is 6.07. The van der Waals surface area contributed by atoms with Crippen molar-refractivity contribution in [2.24, 2.45) is 0 Å². The van der Waals surface area contributed by atoms with Crippen LogP contribution in [0.1, 0.15) is 17.5 Å². The first kappa shape index (κ1) is 18.5. The molecule has 0 N–H and O–H groups in total. The number of carbonyl (C=O) groups is 1. The van der Waals surface area contributed by atoms with Crippen LogP contribution in [0, 0.1) is 6.92 Å². The quantitative estimate of drug-likeness (QED) is 0.376. The average molecular weight is 368 g/mol. The number of carbonyl (C=O) groups excluding carboxylic acids is 1. The molecule has 140 valence electrons. The Kier molecular flexibility index (Phi) is 5.45. The number of aryl methyl sites for hydroxylation is 2. The lowest BCUT2D eigenvalue weighted by Crippen LogP contribution is -2.09. The Hall–Kier alpha value is -3.28. The van der Waals surface area contributed by atoms with E-state index >= 15 is 0 Å². The molecule has 0 amide bonds. The molecule has 2 aromatic carbocycles. The van der Waals surface area contributed by atoms with Gasteiger partial charge in [0.15, 0.2) is 11.5 Å². The van der Waals surface area contributed by atoms with Gasteiger partial charge in [0.2, 0.25) is 0 Å². The first-order valence-corrected chi connectivity index (χ1v) is 8.46. The number of methoxy groups -OCH3 is 2. The number of benzene rings is 2. The van der Waals surface area contributed by atoms with Gasteiger partial charge in [-0.05, 0) is 48.7 Å². The van der Waals surface area contributed by atoms with Crippen LogP contribution in [-0.4, -0.2) is 20.2 Å². The molecule has 3 aromatic rings. The third kappa shape index (κ3) is 4.28. The zero-order chi connectivity index (χ0) is 19.4. The van der Waals surface area contributed by atoms with E-state index in [1.165, 1.54) is 6.07 Å². The summed E-state index contributed by atoms with van der Waals surface area (Å²) in [6, 6.07) is 11.9. The Morgan fingerprint density at radius 3 is 2.52 bits per heavy atom. The lowest BCUT2D eigenvalue weighted by Gasteiger charge is -2.09. The molecule has 0 bridgehead atoms. The molecule has 0 saturated carbocycles. The molecule has 0 fully saturated rings. The molecule has 0 atom stereocenters. The van der Waals surface area contributed by atoms with Crippen LogP contribution in [0.5, 0.6) is 17.2 Å². The predicted octanol–water partition coefficient (Wildman–Crippen LogP) is 3.66. The van der Waals surface area contributed by atoms with Crippen LogP contribution in [0.2, 0.25) is 0 Å². The molecule has 27 heavy (non-hydrogen) atoms. The summed E-state index contributed by atoms with van der Waals surface area (Å²) in [5.74, 6) is 1.22. The Morgan fingerprint density at radius 2 is 1.78 bits per heavy atom. The van der Waals surface area contributed by atoms with Gasteiger partial charge in [-0.3, -0.25) is 4.79 Å². The van der Waals surface area contributed by atoms with Crippen molar-refractivity contribution < 1.29 is 23.4 Å². The van der Waals surface area contributed by atoms with Crippen molar-refractivity contribution in [3.63, 3.8) is 0 Å². The third-order valence-corrected chi connectivity index (χ3v) is 4.22. The number of hydrogen-bond donors (Lipinski definition) is 0. The predicted molar refractivity (Wildman–Crippen MR) is 101 cm³/mol. The molecule has 1 heterocycles. The third-order valence-electron chi connectivity index (χ3n) is 4.22. The van der Waals surface area contributed by atoms with Crippen LogP contribution < -0.4 is 19.8 Å². The van der Waals surface area contributed by atoms with E-state index in [2.05, 4.69) is 0 Å². The van der Waals surface area contributed by atoms with E-state index < -0.39 is 5.63 Å². The van der Waals surface area contributed by atoms with Crippen LogP contribution in [0.15, 0.2) is 51.7 Å². The van der Waals surface area contributed by atoms with Gasteiger partial charge in [-0.2, -0.15) is 0 Å². The van der Waals surface area contributed by atoms with E-state index in [1.807, 2.05) is 19.1 Å². The molecule has 3 rings (SSSR count). The molecule has 0 radical (unpaired) electrons. The van der Waals surface area contributed by atoms with Crippen molar-refractivity contribution in [3.8, 4) is 17.2 Å². The summed E-state index contributed by atoms with van der Waals surface area (Å²) in [5, 5.41) is 0.805. The maximum atomic E-state index is 12.2. The van der Waals surface area contributed by atoms with Crippen molar-refractivity contribution in [1.82, 2.24) is 0 Å². The number of fused-ring (bicyclic) bond motifs is 1. The second kappa shape index (κ2) is 7.95. The highest BCUT2D eigenvalue weighted by Gasteiger charge is 2.10. The maximum absolute atomic E-state index is 12.2. The summed E-state index contributed by atoms with van der Waals surface area (Å²) in [4.78, 5) is 23.7. The van der Waals surface area contributed by atoms with Crippen LogP contribution in [-0.2, 0) is 11.2 Å². The van der Waals surface area contributed by atoms with Crippen LogP contribution in [0.3, 0.4) is 0 Å². The van der Waals surface area contributed by atoms with Gasteiger partial charge in [0.25, 0.3) is 0 Å². The smallest absolute Gasteiger partial charge is 0.336 e. The van der Waals surface area contributed by atoms with Crippen LogP contribution in [0.4, 0.5) is 0 Å². The molecule has 6 nitrogen and oxygen atoms in total. The number of hydrogen-bond acceptors (Lipinski definition) is 6. The Bertz CT molecular complexity index is 1030. The van der Waals surface area contributed by atoms with Crippen molar-refractivity contribution in [2.75, 3.05) is 14.2 Å². The van der Waals surface area contributed by atoms with Gasteiger partial charge in [-0.25, -0.2) is 4.79 Å². The monoisotopic (exact) mass is 368 g/mol. The van der Waals surface area contributed by atoms with Crippen LogP contribution in [0.25, 0.3) is 11.0 Å². The molecule has 0 unspecified atom stereocenters. The largest absolute Gasteiger partial charge is 0.493 e. The molecule has 0 spiro atoms. The topological polar surface area (TPSA) is 75.0 Å². The van der Waals surface area contributed by atoms with Gasteiger partial charge in [-0.15, -0.1) is 0 Å². The summed E-state index contributed by atoms with van der Waals surface area (Å²) in [6.45, 7) is 1.83. The molecular formula is C21H20O6. The van der Waals surface area contributed by atoms with E-state index in [9.17, 15) is 9.59 Å². The minimum Gasteiger partial charge on any atom is -0.493 e. The van der Waals surface area contributed by atoms with Gasteiger partial charge in [-0.1, -0.05) is 6.07 Å². The summed E-state index contributed by atoms with van der Waals surface area (Å²) in [5.41, 5.74) is 1.71. The summed E-state index contributed by atoms with van der Waals surface area (Å²) >= 11 is 0. The number of rotatable bonds is 6. The standard InChI is InChI=1S/C21H20O6/c1-13-10-21(23)27-18-12-15(6-7-16(13)18)26-20(22)9-5-14-4-8-17(24-2)19(11-14)25-3/h4,6-8,10-12H,5,9H2,1-3H3. The molecule has 6 heteroatoms. The fraction of sp³-hybridized carbons (Fsp3) is 0.238. The molecule has 0 aliphatic rings. The summed E-state index contributed by atoms with van der Waals surface area (Å²) < 4.78 is 21.0. The minimum absolute atomic E-state index is 0.200. The fourth-order valence-electron chi connectivity index (χ4n) is 2.83. The van der Waals surface area contributed by atoms with E-state index in [-0.39, 0.29) is 12.4 Å². The highest BCUT2D eigenvalue weighted by molar-refractivity contribution is 5.82. The Labute approximate surface area is 156 Å². The fourth-order valence-corrected chi connectivity index (χ4v) is 2.83. The van der Waals surface area contributed by atoms with Crippen molar-refractivity contribution in [3.05, 3.63) is 64.0 Å². The summed E-state index contributed by atoms with van der Waals surface area (Å²) in [7, 11) is 3.14. The van der Waals surface area contributed by atoms with Gasteiger partial charge in [0.05, 0.1) is 14.2 Å². The maximum Gasteiger partial charge on any atom is 0.336 e. The average Bonchev–Trinajstić information content (AvgIpc) is 2.65. The zero-order valence-corrected chi connectivity index (χ0v) is 15.4. The van der Waals surface area contributed by atoms with Crippen LogP contribution >= 0.6 is 0 Å². The van der Waals surface area contributed by atoms with Crippen molar-refractivity contribution in [2.45, 2.75) is 19.8 Å². The molecular weight excluding hydrogens is 348 g/mol. The van der Waals surface area contributed by atoms with Gasteiger partial charge in [0, 0.05) is 23.9 Å². The summed E-state index contributed by atoms with van der Waals surface area (Å²) in [6.07, 6.45) is 0.701. The molecule has 1 aromatic heterocycles. The van der Waals surface area contributed by atoms with Gasteiger partial charge in [0.1, 0.15) is 11.3 Å². The Balaban J connectivity index is 1.67. The molecule has 0 saturated heterocycles. The second-order valence-electron chi connectivity index (χ2n) is 6.07. The highest BCUT2D eigenvalue weighted by Crippen LogP contribution is 2.28. The van der Waals surface area contributed by atoms with Gasteiger partial charge >= 0.3 is 11.6 Å². The normalized spacial score (nSPS) is 10.6. The van der Waals surface area contributed by atoms with E-state index in [1.54, 1.807) is 38.5 Å². The first-order chi connectivity index (χ1) is 13.0. The molecule has 0 aliphatic carbocycles.